The molecule has 5 nitrogen and oxygen atoms in total. The van der Waals surface area contributed by atoms with Gasteiger partial charge in [-0.2, -0.15) is 5.26 Å². The molecular formula is C16H15NO4. The van der Waals surface area contributed by atoms with E-state index in [-0.39, 0.29) is 17.9 Å². The molecule has 0 unspecified atom stereocenters. The van der Waals surface area contributed by atoms with Gasteiger partial charge in [0.2, 0.25) is 0 Å². The summed E-state index contributed by atoms with van der Waals surface area (Å²) in [4.78, 5) is 0. The number of phenols is 1. The molecule has 0 spiro atoms. The molecule has 0 aliphatic carbocycles. The van der Waals surface area contributed by atoms with Gasteiger partial charge in [-0.25, -0.2) is 0 Å². The van der Waals surface area contributed by atoms with Gasteiger partial charge < -0.3 is 19.7 Å². The third-order valence-corrected chi connectivity index (χ3v) is 3.18. The van der Waals surface area contributed by atoms with Crippen LogP contribution >= 0.6 is 0 Å². The maximum absolute atomic E-state index is 10.3. The monoisotopic (exact) mass is 285 g/mol. The first-order chi connectivity index (χ1) is 10.2. The third kappa shape index (κ3) is 2.62. The SMILES string of the molecule is COc1cc(C#N)cc(O)c1-c1c(CO)cccc1OC. The van der Waals surface area contributed by atoms with Crippen molar-refractivity contribution in [2.75, 3.05) is 14.2 Å². The predicted molar refractivity (Wildman–Crippen MR) is 77.3 cm³/mol. The summed E-state index contributed by atoms with van der Waals surface area (Å²) in [6, 6.07) is 10.1. The molecule has 0 radical (unpaired) electrons. The van der Waals surface area contributed by atoms with Crippen molar-refractivity contribution in [3.05, 3.63) is 41.5 Å². The fraction of sp³-hybridized carbons (Fsp3) is 0.188. The number of aliphatic hydroxyl groups excluding tert-OH is 1. The minimum Gasteiger partial charge on any atom is -0.507 e. The zero-order valence-electron chi connectivity index (χ0n) is 11.8. The molecule has 21 heavy (non-hydrogen) atoms. The Morgan fingerprint density at radius 3 is 2.38 bits per heavy atom. The predicted octanol–water partition coefficient (Wildman–Crippen LogP) is 2.44. The maximum Gasteiger partial charge on any atom is 0.131 e. The first-order valence-corrected chi connectivity index (χ1v) is 6.24. The summed E-state index contributed by atoms with van der Waals surface area (Å²) < 4.78 is 10.6. The van der Waals surface area contributed by atoms with Crippen LogP contribution in [0.5, 0.6) is 17.2 Å². The van der Waals surface area contributed by atoms with Crippen molar-refractivity contribution in [3.8, 4) is 34.4 Å². The highest BCUT2D eigenvalue weighted by Gasteiger charge is 2.20. The summed E-state index contributed by atoms with van der Waals surface area (Å²) in [6.45, 7) is -0.213. The molecule has 0 atom stereocenters. The van der Waals surface area contributed by atoms with E-state index in [1.807, 2.05) is 6.07 Å². The fourth-order valence-corrected chi connectivity index (χ4v) is 2.24. The summed E-state index contributed by atoms with van der Waals surface area (Å²) >= 11 is 0. The van der Waals surface area contributed by atoms with Gasteiger partial charge in [0.15, 0.2) is 0 Å². The molecule has 5 heteroatoms. The van der Waals surface area contributed by atoms with E-state index in [1.54, 1.807) is 18.2 Å². The standard InChI is InChI=1S/C16H15NO4/c1-20-13-5-3-4-11(9-18)15(13)16-12(19)6-10(8-17)7-14(16)21-2/h3-7,18-19H,9H2,1-2H3. The van der Waals surface area contributed by atoms with E-state index in [1.165, 1.54) is 26.4 Å². The first kappa shape index (κ1) is 14.7. The number of rotatable bonds is 4. The second kappa shape index (κ2) is 6.16. The van der Waals surface area contributed by atoms with Gasteiger partial charge in [0.1, 0.15) is 17.2 Å². The van der Waals surface area contributed by atoms with Gasteiger partial charge in [-0.05, 0) is 23.8 Å². The Balaban J connectivity index is 2.81. The summed E-state index contributed by atoms with van der Waals surface area (Å²) in [5.41, 5.74) is 1.81. The number of hydrogen-bond acceptors (Lipinski definition) is 5. The summed E-state index contributed by atoms with van der Waals surface area (Å²) in [5.74, 6) is 0.732. The molecule has 0 aromatic heterocycles. The van der Waals surface area contributed by atoms with Crippen LogP contribution in [0.3, 0.4) is 0 Å². The highest BCUT2D eigenvalue weighted by molar-refractivity contribution is 5.84. The van der Waals surface area contributed by atoms with Crippen molar-refractivity contribution in [1.82, 2.24) is 0 Å². The Morgan fingerprint density at radius 1 is 1.10 bits per heavy atom. The molecule has 108 valence electrons. The Bertz CT molecular complexity index is 682. The number of nitriles is 1. The van der Waals surface area contributed by atoms with Gasteiger partial charge in [-0.3, -0.25) is 0 Å². The van der Waals surface area contributed by atoms with Gasteiger partial charge in [-0.1, -0.05) is 12.1 Å². The van der Waals surface area contributed by atoms with E-state index in [2.05, 4.69) is 0 Å². The number of ether oxygens (including phenoxy) is 2. The van der Waals surface area contributed by atoms with E-state index in [0.29, 0.717) is 28.2 Å². The van der Waals surface area contributed by atoms with Crippen LogP contribution in [0.1, 0.15) is 11.1 Å². The zero-order valence-corrected chi connectivity index (χ0v) is 11.8. The Labute approximate surface area is 122 Å². The number of phenolic OH excluding ortho intramolecular Hbond substituents is 1. The average molecular weight is 285 g/mol. The molecule has 0 heterocycles. The molecule has 0 aliphatic rings. The van der Waals surface area contributed by atoms with Crippen LogP contribution in [-0.4, -0.2) is 24.4 Å². The first-order valence-electron chi connectivity index (χ1n) is 6.24. The van der Waals surface area contributed by atoms with E-state index in [9.17, 15) is 10.2 Å². The normalized spacial score (nSPS) is 10.0. The van der Waals surface area contributed by atoms with E-state index < -0.39 is 0 Å². The molecule has 2 aromatic carbocycles. The average Bonchev–Trinajstić information content (AvgIpc) is 2.53. The molecule has 2 rings (SSSR count). The second-order valence-corrected chi connectivity index (χ2v) is 4.34. The Kier molecular flexibility index (Phi) is 4.31. The van der Waals surface area contributed by atoms with Gasteiger partial charge in [0.25, 0.3) is 0 Å². The molecule has 2 N–H and O–H groups in total. The minimum absolute atomic E-state index is 0.106. The van der Waals surface area contributed by atoms with Crippen LogP contribution in [0, 0.1) is 11.3 Å². The number of nitrogens with zero attached hydrogens (tertiary/aromatic N) is 1. The van der Waals surface area contributed by atoms with Crippen LogP contribution in [0.15, 0.2) is 30.3 Å². The van der Waals surface area contributed by atoms with Gasteiger partial charge >= 0.3 is 0 Å². The number of benzene rings is 2. The highest BCUT2D eigenvalue weighted by atomic mass is 16.5. The van der Waals surface area contributed by atoms with Crippen LogP contribution < -0.4 is 9.47 Å². The molecule has 0 aliphatic heterocycles. The topological polar surface area (TPSA) is 82.7 Å². The quantitative estimate of drug-likeness (QED) is 0.901. The largest absolute Gasteiger partial charge is 0.507 e. The van der Waals surface area contributed by atoms with E-state index >= 15 is 0 Å². The van der Waals surface area contributed by atoms with Crippen molar-refractivity contribution in [1.29, 1.82) is 5.26 Å². The Hall–Kier alpha value is -2.71. The summed E-state index contributed by atoms with van der Waals surface area (Å²) in [6.07, 6.45) is 0. The smallest absolute Gasteiger partial charge is 0.131 e. The van der Waals surface area contributed by atoms with Gasteiger partial charge in [-0.15, -0.1) is 0 Å². The summed E-state index contributed by atoms with van der Waals surface area (Å²) in [5, 5.41) is 28.7. The van der Waals surface area contributed by atoms with E-state index in [0.717, 1.165) is 0 Å². The lowest BCUT2D eigenvalue weighted by Gasteiger charge is -2.17. The molecule has 0 fully saturated rings. The van der Waals surface area contributed by atoms with Crippen LogP contribution in [-0.2, 0) is 6.61 Å². The number of aromatic hydroxyl groups is 1. The maximum atomic E-state index is 10.3. The summed E-state index contributed by atoms with van der Waals surface area (Å²) in [7, 11) is 2.96. The second-order valence-electron chi connectivity index (χ2n) is 4.34. The zero-order chi connectivity index (χ0) is 15.4. The van der Waals surface area contributed by atoms with Crippen LogP contribution in [0.25, 0.3) is 11.1 Å². The lowest BCUT2D eigenvalue weighted by molar-refractivity contribution is 0.281. The van der Waals surface area contributed by atoms with Crippen molar-refractivity contribution in [2.24, 2.45) is 0 Å². The van der Waals surface area contributed by atoms with Crippen molar-refractivity contribution < 1.29 is 19.7 Å². The highest BCUT2D eigenvalue weighted by Crippen LogP contribution is 2.44. The number of hydrogen-bond donors (Lipinski definition) is 2. The third-order valence-electron chi connectivity index (χ3n) is 3.18. The number of aliphatic hydroxyl groups is 1. The lowest BCUT2D eigenvalue weighted by atomic mass is 9.96. The molecular weight excluding hydrogens is 270 g/mol. The van der Waals surface area contributed by atoms with Crippen molar-refractivity contribution in [2.45, 2.75) is 6.61 Å². The minimum atomic E-state index is -0.213. The van der Waals surface area contributed by atoms with Crippen molar-refractivity contribution >= 4 is 0 Å². The Morgan fingerprint density at radius 2 is 1.81 bits per heavy atom. The molecule has 0 saturated heterocycles. The van der Waals surface area contributed by atoms with Crippen molar-refractivity contribution in [3.63, 3.8) is 0 Å². The fourth-order valence-electron chi connectivity index (χ4n) is 2.24. The molecule has 2 aromatic rings. The number of methoxy groups -OCH3 is 2. The molecule has 0 bridgehead atoms. The van der Waals surface area contributed by atoms with Crippen LogP contribution in [0.4, 0.5) is 0 Å². The molecule has 0 amide bonds. The lowest BCUT2D eigenvalue weighted by Crippen LogP contribution is -1.98. The van der Waals surface area contributed by atoms with E-state index in [4.69, 9.17) is 14.7 Å². The molecule has 0 saturated carbocycles. The van der Waals surface area contributed by atoms with Gasteiger partial charge in [0, 0.05) is 5.56 Å². The van der Waals surface area contributed by atoms with Crippen LogP contribution in [0.2, 0.25) is 0 Å². The van der Waals surface area contributed by atoms with Gasteiger partial charge in [0.05, 0.1) is 38.0 Å².